The fraction of sp³-hybridized carbons (Fsp3) is 0.0833. The number of aromatic nitrogens is 1. The molecule has 0 fully saturated rings. The molecule has 0 spiro atoms. The van der Waals surface area contributed by atoms with Crippen LogP contribution in [-0.4, -0.2) is 4.98 Å². The van der Waals surface area contributed by atoms with Crippen molar-refractivity contribution in [3.63, 3.8) is 0 Å². The maximum Gasteiger partial charge on any atom is 0.131 e. The van der Waals surface area contributed by atoms with Crippen molar-refractivity contribution in [2.24, 2.45) is 5.73 Å². The van der Waals surface area contributed by atoms with Gasteiger partial charge in [-0.1, -0.05) is 6.07 Å². The second-order valence-corrected chi connectivity index (χ2v) is 3.25. The molecule has 1 aromatic carbocycles. The van der Waals surface area contributed by atoms with Crippen LogP contribution >= 0.6 is 12.4 Å². The second-order valence-electron chi connectivity index (χ2n) is 3.25. The number of pyridine rings is 1. The molecule has 4 heteroatoms. The number of nitrogens with two attached hydrogens (primary N) is 1. The Balaban J connectivity index is 0.00000128. The molecule has 0 aliphatic rings. The van der Waals surface area contributed by atoms with Crippen LogP contribution in [0.3, 0.4) is 0 Å². The highest BCUT2D eigenvalue weighted by Gasteiger charge is 2.04. The molecule has 0 aliphatic carbocycles. The zero-order valence-corrected chi connectivity index (χ0v) is 9.38. The van der Waals surface area contributed by atoms with Gasteiger partial charge in [0, 0.05) is 24.5 Å². The zero-order valence-electron chi connectivity index (χ0n) is 8.56. The number of hydrogen-bond acceptors (Lipinski definition) is 2. The quantitative estimate of drug-likeness (QED) is 0.874. The van der Waals surface area contributed by atoms with E-state index in [-0.39, 0.29) is 18.2 Å². The summed E-state index contributed by atoms with van der Waals surface area (Å²) < 4.78 is 13.5. The molecule has 2 aromatic rings. The van der Waals surface area contributed by atoms with Crippen molar-refractivity contribution in [1.29, 1.82) is 0 Å². The lowest BCUT2D eigenvalue weighted by molar-refractivity contribution is 0.630. The first-order valence-corrected chi connectivity index (χ1v) is 4.70. The Bertz CT molecular complexity index is 460. The van der Waals surface area contributed by atoms with Gasteiger partial charge in [0.15, 0.2) is 0 Å². The zero-order chi connectivity index (χ0) is 10.7. The van der Waals surface area contributed by atoms with Crippen LogP contribution in [0.2, 0.25) is 0 Å². The average molecular weight is 239 g/mol. The van der Waals surface area contributed by atoms with Gasteiger partial charge in [0.05, 0.1) is 0 Å². The Hall–Kier alpha value is -1.45. The van der Waals surface area contributed by atoms with E-state index in [9.17, 15) is 4.39 Å². The van der Waals surface area contributed by atoms with Crippen LogP contribution in [0.5, 0.6) is 0 Å². The molecule has 0 bridgehead atoms. The summed E-state index contributed by atoms with van der Waals surface area (Å²) in [6.45, 7) is 0.415. The molecule has 2 N–H and O–H groups in total. The summed E-state index contributed by atoms with van der Waals surface area (Å²) in [4.78, 5) is 3.90. The third-order valence-corrected chi connectivity index (χ3v) is 2.26. The van der Waals surface area contributed by atoms with Gasteiger partial charge in [-0.3, -0.25) is 4.98 Å². The van der Waals surface area contributed by atoms with E-state index >= 15 is 0 Å². The monoisotopic (exact) mass is 238 g/mol. The molecule has 0 radical (unpaired) electrons. The first-order valence-electron chi connectivity index (χ1n) is 4.70. The highest BCUT2D eigenvalue weighted by molar-refractivity contribution is 5.85. The van der Waals surface area contributed by atoms with Crippen LogP contribution in [0, 0.1) is 5.82 Å². The van der Waals surface area contributed by atoms with E-state index in [4.69, 9.17) is 5.73 Å². The topological polar surface area (TPSA) is 38.9 Å². The van der Waals surface area contributed by atoms with Crippen LogP contribution in [0.15, 0.2) is 42.7 Å². The normalized spacial score (nSPS) is 9.62. The van der Waals surface area contributed by atoms with Crippen LogP contribution < -0.4 is 5.73 Å². The summed E-state index contributed by atoms with van der Waals surface area (Å²) in [5, 5.41) is 0. The first-order chi connectivity index (χ1) is 7.31. The number of nitrogens with zero attached hydrogens (tertiary/aromatic N) is 1. The SMILES string of the molecule is Cl.NCc1ccc(F)c(-c2ccncc2)c1. The molecule has 1 heterocycles. The molecule has 16 heavy (non-hydrogen) atoms. The van der Waals surface area contributed by atoms with E-state index in [0.717, 1.165) is 11.1 Å². The number of rotatable bonds is 2. The van der Waals surface area contributed by atoms with Crippen molar-refractivity contribution in [2.45, 2.75) is 6.54 Å². The molecular weight excluding hydrogens is 227 g/mol. The van der Waals surface area contributed by atoms with Crippen molar-refractivity contribution >= 4 is 12.4 Å². The van der Waals surface area contributed by atoms with Crippen molar-refractivity contribution < 1.29 is 4.39 Å². The van der Waals surface area contributed by atoms with Crippen LogP contribution in [-0.2, 0) is 6.54 Å². The predicted octanol–water partition coefficient (Wildman–Crippen LogP) is 2.77. The van der Waals surface area contributed by atoms with E-state index in [1.807, 2.05) is 0 Å². The van der Waals surface area contributed by atoms with Gasteiger partial charge in [-0.2, -0.15) is 0 Å². The molecule has 1 aromatic heterocycles. The first kappa shape index (κ1) is 12.6. The number of hydrogen-bond donors (Lipinski definition) is 1. The van der Waals surface area contributed by atoms with Crippen molar-refractivity contribution in [3.05, 3.63) is 54.1 Å². The smallest absolute Gasteiger partial charge is 0.131 e. The minimum Gasteiger partial charge on any atom is -0.326 e. The minimum atomic E-state index is -0.238. The summed E-state index contributed by atoms with van der Waals surface area (Å²) in [7, 11) is 0. The van der Waals surface area contributed by atoms with Crippen LogP contribution in [0.1, 0.15) is 5.56 Å². The van der Waals surface area contributed by atoms with Gasteiger partial charge >= 0.3 is 0 Å². The highest BCUT2D eigenvalue weighted by atomic mass is 35.5. The third kappa shape index (κ3) is 2.56. The predicted molar refractivity (Wildman–Crippen MR) is 64.8 cm³/mol. The van der Waals surface area contributed by atoms with E-state index in [1.54, 1.807) is 36.7 Å². The lowest BCUT2D eigenvalue weighted by Crippen LogP contribution is -1.97. The lowest BCUT2D eigenvalue weighted by atomic mass is 10.0. The molecule has 0 atom stereocenters. The lowest BCUT2D eigenvalue weighted by Gasteiger charge is -2.05. The van der Waals surface area contributed by atoms with E-state index in [1.165, 1.54) is 6.07 Å². The molecular formula is C12H12ClFN2. The van der Waals surface area contributed by atoms with Gasteiger partial charge in [-0.05, 0) is 35.4 Å². The Labute approximate surface area is 99.7 Å². The molecule has 2 nitrogen and oxygen atoms in total. The molecule has 0 saturated carbocycles. The van der Waals surface area contributed by atoms with Crippen molar-refractivity contribution in [3.8, 4) is 11.1 Å². The maximum atomic E-state index is 13.5. The Kier molecular flexibility index (Phi) is 4.40. The van der Waals surface area contributed by atoms with Gasteiger partial charge in [0.25, 0.3) is 0 Å². The summed E-state index contributed by atoms with van der Waals surface area (Å²) in [6, 6.07) is 8.46. The van der Waals surface area contributed by atoms with Gasteiger partial charge in [-0.15, -0.1) is 12.4 Å². The minimum absolute atomic E-state index is 0. The molecule has 84 valence electrons. The molecule has 0 saturated heterocycles. The summed E-state index contributed by atoms with van der Waals surface area (Å²) in [6.07, 6.45) is 3.29. The van der Waals surface area contributed by atoms with Crippen LogP contribution in [0.4, 0.5) is 4.39 Å². The molecule has 2 rings (SSSR count). The van der Waals surface area contributed by atoms with Crippen LogP contribution in [0.25, 0.3) is 11.1 Å². The number of halogens is 2. The Morgan fingerprint density at radius 2 is 1.81 bits per heavy atom. The fourth-order valence-corrected chi connectivity index (χ4v) is 1.45. The molecule has 0 amide bonds. The van der Waals surface area contributed by atoms with E-state index in [0.29, 0.717) is 12.1 Å². The van der Waals surface area contributed by atoms with E-state index in [2.05, 4.69) is 4.98 Å². The van der Waals surface area contributed by atoms with Gasteiger partial charge in [0.1, 0.15) is 5.82 Å². The van der Waals surface area contributed by atoms with Gasteiger partial charge in [-0.25, -0.2) is 4.39 Å². The maximum absolute atomic E-state index is 13.5. The third-order valence-electron chi connectivity index (χ3n) is 2.26. The summed E-state index contributed by atoms with van der Waals surface area (Å²) in [5.41, 5.74) is 7.82. The Morgan fingerprint density at radius 1 is 1.12 bits per heavy atom. The highest BCUT2D eigenvalue weighted by Crippen LogP contribution is 2.23. The van der Waals surface area contributed by atoms with Gasteiger partial charge in [0.2, 0.25) is 0 Å². The van der Waals surface area contributed by atoms with E-state index < -0.39 is 0 Å². The number of benzene rings is 1. The summed E-state index contributed by atoms with van der Waals surface area (Å²) >= 11 is 0. The standard InChI is InChI=1S/C12H11FN2.ClH/c13-12-2-1-9(8-14)7-11(12)10-3-5-15-6-4-10;/h1-7H,8,14H2;1H. The second kappa shape index (κ2) is 5.58. The Morgan fingerprint density at radius 3 is 2.44 bits per heavy atom. The average Bonchev–Trinajstić information content (AvgIpc) is 2.31. The van der Waals surface area contributed by atoms with Crippen molar-refractivity contribution in [1.82, 2.24) is 4.98 Å². The van der Waals surface area contributed by atoms with Crippen molar-refractivity contribution in [2.75, 3.05) is 0 Å². The molecule has 0 unspecified atom stereocenters. The summed E-state index contributed by atoms with van der Waals surface area (Å²) in [5.74, 6) is -0.238. The largest absolute Gasteiger partial charge is 0.326 e. The fourth-order valence-electron chi connectivity index (χ4n) is 1.45. The van der Waals surface area contributed by atoms with Gasteiger partial charge < -0.3 is 5.73 Å². The molecule has 0 aliphatic heterocycles.